The molecule has 2 aromatic heterocycles. The van der Waals surface area contributed by atoms with Crippen LogP contribution in [0.3, 0.4) is 0 Å². The SMILES string of the molecule is Cc1cc2c(Nc3ccc(Cl)cc3)nc(-c3ccccc3)nc2[nH]1. The summed E-state index contributed by atoms with van der Waals surface area (Å²) in [5, 5.41) is 5.03. The topological polar surface area (TPSA) is 53.6 Å². The largest absolute Gasteiger partial charge is 0.343 e. The van der Waals surface area contributed by atoms with Crippen LogP contribution in [0.4, 0.5) is 11.5 Å². The first-order chi connectivity index (χ1) is 11.7. The normalized spacial score (nSPS) is 10.9. The van der Waals surface area contributed by atoms with Crippen LogP contribution in [-0.2, 0) is 0 Å². The fourth-order valence-corrected chi connectivity index (χ4v) is 2.75. The van der Waals surface area contributed by atoms with E-state index in [4.69, 9.17) is 16.6 Å². The number of hydrogen-bond donors (Lipinski definition) is 2. The molecule has 0 spiro atoms. The molecule has 4 rings (SSSR count). The lowest BCUT2D eigenvalue weighted by molar-refractivity contribution is 1.19. The van der Waals surface area contributed by atoms with Crippen molar-refractivity contribution in [2.45, 2.75) is 6.92 Å². The minimum Gasteiger partial charge on any atom is -0.343 e. The molecule has 0 aliphatic rings. The average molecular weight is 335 g/mol. The molecule has 0 bridgehead atoms. The van der Waals surface area contributed by atoms with Gasteiger partial charge < -0.3 is 10.3 Å². The van der Waals surface area contributed by atoms with Crippen molar-refractivity contribution in [3.63, 3.8) is 0 Å². The highest BCUT2D eigenvalue weighted by atomic mass is 35.5. The molecular weight excluding hydrogens is 320 g/mol. The second-order valence-corrected chi connectivity index (χ2v) is 6.04. The van der Waals surface area contributed by atoms with Gasteiger partial charge in [-0.1, -0.05) is 41.9 Å². The lowest BCUT2D eigenvalue weighted by Crippen LogP contribution is -1.98. The van der Waals surface area contributed by atoms with Crippen molar-refractivity contribution in [2.24, 2.45) is 0 Å². The molecule has 0 amide bonds. The van der Waals surface area contributed by atoms with Crippen LogP contribution in [0.15, 0.2) is 60.7 Å². The summed E-state index contributed by atoms with van der Waals surface area (Å²) in [6, 6.07) is 19.5. The molecule has 4 aromatic rings. The Morgan fingerprint density at radius 1 is 0.958 bits per heavy atom. The first-order valence-electron chi connectivity index (χ1n) is 7.64. The van der Waals surface area contributed by atoms with Crippen molar-refractivity contribution >= 4 is 34.1 Å². The number of aryl methyl sites for hydroxylation is 1. The predicted octanol–water partition coefficient (Wildman–Crippen LogP) is 5.33. The molecule has 0 radical (unpaired) electrons. The maximum Gasteiger partial charge on any atom is 0.163 e. The van der Waals surface area contributed by atoms with Crippen LogP contribution in [0.25, 0.3) is 22.4 Å². The first-order valence-corrected chi connectivity index (χ1v) is 8.02. The van der Waals surface area contributed by atoms with Gasteiger partial charge in [-0.25, -0.2) is 9.97 Å². The van der Waals surface area contributed by atoms with Crippen LogP contribution in [0.1, 0.15) is 5.69 Å². The lowest BCUT2D eigenvalue weighted by atomic mass is 10.2. The molecule has 0 unspecified atom stereocenters. The maximum absolute atomic E-state index is 5.96. The predicted molar refractivity (Wildman–Crippen MR) is 98.8 cm³/mol. The molecule has 118 valence electrons. The fraction of sp³-hybridized carbons (Fsp3) is 0.0526. The van der Waals surface area contributed by atoms with E-state index in [9.17, 15) is 0 Å². The quantitative estimate of drug-likeness (QED) is 0.532. The minimum atomic E-state index is 0.682. The summed E-state index contributed by atoms with van der Waals surface area (Å²) < 4.78 is 0. The highest BCUT2D eigenvalue weighted by molar-refractivity contribution is 6.30. The third kappa shape index (κ3) is 2.84. The van der Waals surface area contributed by atoms with Crippen molar-refractivity contribution in [1.82, 2.24) is 15.0 Å². The Morgan fingerprint density at radius 3 is 2.46 bits per heavy atom. The number of fused-ring (bicyclic) bond motifs is 1. The number of rotatable bonds is 3. The zero-order valence-electron chi connectivity index (χ0n) is 13.0. The van der Waals surface area contributed by atoms with Gasteiger partial charge in [-0.3, -0.25) is 0 Å². The molecule has 0 atom stereocenters. The number of nitrogens with one attached hydrogen (secondary N) is 2. The zero-order chi connectivity index (χ0) is 16.5. The number of hydrogen-bond acceptors (Lipinski definition) is 3. The maximum atomic E-state index is 5.96. The number of H-pyrrole nitrogens is 1. The summed E-state index contributed by atoms with van der Waals surface area (Å²) in [7, 11) is 0. The second kappa shape index (κ2) is 5.98. The van der Waals surface area contributed by atoms with Crippen molar-refractivity contribution < 1.29 is 0 Å². The Morgan fingerprint density at radius 2 is 1.71 bits per heavy atom. The van der Waals surface area contributed by atoms with Gasteiger partial charge >= 0.3 is 0 Å². The van der Waals surface area contributed by atoms with Crippen molar-refractivity contribution in [3.05, 3.63) is 71.4 Å². The zero-order valence-corrected chi connectivity index (χ0v) is 13.8. The number of nitrogens with zero attached hydrogens (tertiary/aromatic N) is 2. The van der Waals surface area contributed by atoms with Crippen LogP contribution >= 0.6 is 11.6 Å². The van der Waals surface area contributed by atoms with Gasteiger partial charge in [0.15, 0.2) is 5.82 Å². The molecule has 4 nitrogen and oxygen atoms in total. The van der Waals surface area contributed by atoms with Crippen molar-refractivity contribution in [1.29, 1.82) is 0 Å². The van der Waals surface area contributed by atoms with Gasteiger partial charge in [-0.2, -0.15) is 0 Å². The minimum absolute atomic E-state index is 0.682. The summed E-state index contributed by atoms with van der Waals surface area (Å²) in [5.74, 6) is 1.45. The molecule has 0 fully saturated rings. The smallest absolute Gasteiger partial charge is 0.163 e. The van der Waals surface area contributed by atoms with Gasteiger partial charge in [0.1, 0.15) is 11.5 Å². The van der Waals surface area contributed by atoms with Crippen LogP contribution in [0.5, 0.6) is 0 Å². The van der Waals surface area contributed by atoms with Crippen molar-refractivity contribution in [2.75, 3.05) is 5.32 Å². The fourth-order valence-electron chi connectivity index (χ4n) is 2.62. The van der Waals surface area contributed by atoms with E-state index in [0.29, 0.717) is 10.8 Å². The average Bonchev–Trinajstić information content (AvgIpc) is 2.98. The van der Waals surface area contributed by atoms with E-state index in [1.807, 2.05) is 67.6 Å². The van der Waals surface area contributed by atoms with Gasteiger partial charge in [0.05, 0.1) is 5.39 Å². The summed E-state index contributed by atoms with van der Waals surface area (Å²) >= 11 is 5.96. The number of anilines is 2. The highest BCUT2D eigenvalue weighted by Crippen LogP contribution is 2.28. The molecule has 5 heteroatoms. The second-order valence-electron chi connectivity index (χ2n) is 5.61. The van der Waals surface area contributed by atoms with Crippen LogP contribution < -0.4 is 5.32 Å². The molecule has 2 heterocycles. The first kappa shape index (κ1) is 14.7. The highest BCUT2D eigenvalue weighted by Gasteiger charge is 2.11. The van der Waals surface area contributed by atoms with Crippen LogP contribution in [-0.4, -0.2) is 15.0 Å². The number of aromatic nitrogens is 3. The van der Waals surface area contributed by atoms with Gasteiger partial charge in [-0.15, -0.1) is 0 Å². The monoisotopic (exact) mass is 334 g/mol. The third-order valence-electron chi connectivity index (χ3n) is 3.76. The van der Waals surface area contributed by atoms with Gasteiger partial charge in [0.25, 0.3) is 0 Å². The van der Waals surface area contributed by atoms with Crippen LogP contribution in [0.2, 0.25) is 5.02 Å². The van der Waals surface area contributed by atoms with E-state index in [1.165, 1.54) is 0 Å². The van der Waals surface area contributed by atoms with E-state index in [-0.39, 0.29) is 0 Å². The van der Waals surface area contributed by atoms with Gasteiger partial charge in [0, 0.05) is 22.0 Å². The Balaban J connectivity index is 1.84. The molecular formula is C19H15ClN4. The van der Waals surface area contributed by atoms with E-state index in [0.717, 1.165) is 33.8 Å². The van der Waals surface area contributed by atoms with Crippen molar-refractivity contribution in [3.8, 4) is 11.4 Å². The molecule has 2 aromatic carbocycles. The van der Waals surface area contributed by atoms with E-state index < -0.39 is 0 Å². The summed E-state index contributed by atoms with van der Waals surface area (Å²) in [6.45, 7) is 2.01. The lowest BCUT2D eigenvalue weighted by Gasteiger charge is -2.09. The molecule has 24 heavy (non-hydrogen) atoms. The number of aromatic amines is 1. The Bertz CT molecular complexity index is 991. The van der Waals surface area contributed by atoms with Crippen LogP contribution in [0, 0.1) is 6.92 Å². The Hall–Kier alpha value is -2.85. The summed E-state index contributed by atoms with van der Waals surface area (Å²) in [5.41, 5.74) is 3.77. The molecule has 0 saturated carbocycles. The standard InChI is InChI=1S/C19H15ClN4/c1-12-11-16-18(21-12)23-17(13-5-3-2-4-6-13)24-19(16)22-15-9-7-14(20)8-10-15/h2-11H,1H3,(H2,21,22,23,24). The summed E-state index contributed by atoms with van der Waals surface area (Å²) in [6.07, 6.45) is 0. The van der Waals surface area contributed by atoms with E-state index in [2.05, 4.69) is 15.3 Å². The molecule has 0 saturated heterocycles. The molecule has 2 N–H and O–H groups in total. The third-order valence-corrected chi connectivity index (χ3v) is 4.01. The Kier molecular flexibility index (Phi) is 3.67. The van der Waals surface area contributed by atoms with E-state index in [1.54, 1.807) is 0 Å². The summed E-state index contributed by atoms with van der Waals surface area (Å²) in [4.78, 5) is 12.7. The number of halogens is 1. The van der Waals surface area contributed by atoms with Gasteiger partial charge in [0.2, 0.25) is 0 Å². The Labute approximate surface area is 144 Å². The van der Waals surface area contributed by atoms with E-state index >= 15 is 0 Å². The van der Waals surface area contributed by atoms with Gasteiger partial charge in [-0.05, 0) is 37.3 Å². The number of benzene rings is 2. The molecule has 0 aliphatic heterocycles. The molecule has 0 aliphatic carbocycles.